The Labute approximate surface area is 153 Å². The molecule has 1 fully saturated rings. The lowest BCUT2D eigenvalue weighted by atomic mass is 10.1. The monoisotopic (exact) mass is 353 g/mol. The minimum Gasteiger partial charge on any atom is -0.497 e. The van der Waals surface area contributed by atoms with Crippen molar-refractivity contribution in [1.29, 1.82) is 0 Å². The maximum absolute atomic E-state index is 12.7. The smallest absolute Gasteiger partial charge is 0.229 e. The van der Waals surface area contributed by atoms with Gasteiger partial charge >= 0.3 is 0 Å². The van der Waals surface area contributed by atoms with Crippen LogP contribution in [-0.4, -0.2) is 30.5 Å². The van der Waals surface area contributed by atoms with E-state index >= 15 is 0 Å². The van der Waals surface area contributed by atoms with Crippen molar-refractivity contribution in [2.45, 2.75) is 27.2 Å². The minimum atomic E-state index is -0.385. The SMILES string of the molecule is COc1ccc(N2CC(C(=O)Nc3c(C)cc(C)nc3C)CC2=O)cc1. The fourth-order valence-corrected chi connectivity index (χ4v) is 3.33. The molecule has 6 nitrogen and oxygen atoms in total. The number of aryl methyl sites for hydroxylation is 3. The first-order valence-corrected chi connectivity index (χ1v) is 8.59. The summed E-state index contributed by atoms with van der Waals surface area (Å²) in [5.41, 5.74) is 4.18. The van der Waals surface area contributed by atoms with Crippen LogP contribution in [0.3, 0.4) is 0 Å². The minimum absolute atomic E-state index is 0.0502. The molecule has 2 heterocycles. The van der Waals surface area contributed by atoms with Gasteiger partial charge in [-0.15, -0.1) is 0 Å². The van der Waals surface area contributed by atoms with Crippen LogP contribution in [0.1, 0.15) is 23.4 Å². The van der Waals surface area contributed by atoms with E-state index in [1.54, 1.807) is 24.1 Å². The Hall–Kier alpha value is -2.89. The Morgan fingerprint density at radius 2 is 1.92 bits per heavy atom. The Bertz CT molecular complexity index is 823. The van der Waals surface area contributed by atoms with Crippen LogP contribution in [0, 0.1) is 26.7 Å². The molecule has 1 N–H and O–H groups in total. The van der Waals surface area contributed by atoms with Gasteiger partial charge < -0.3 is 15.0 Å². The molecule has 2 amide bonds. The van der Waals surface area contributed by atoms with Gasteiger partial charge in [0.2, 0.25) is 11.8 Å². The summed E-state index contributed by atoms with van der Waals surface area (Å²) in [6, 6.07) is 9.21. The van der Waals surface area contributed by atoms with Gasteiger partial charge in [0.05, 0.1) is 24.4 Å². The number of nitrogens with zero attached hydrogens (tertiary/aromatic N) is 2. The molecule has 3 rings (SSSR count). The Balaban J connectivity index is 1.73. The predicted octanol–water partition coefficient (Wildman–Crippen LogP) is 3.01. The molecule has 1 unspecified atom stereocenters. The van der Waals surface area contributed by atoms with Crippen molar-refractivity contribution >= 4 is 23.2 Å². The van der Waals surface area contributed by atoms with Crippen molar-refractivity contribution in [2.75, 3.05) is 23.9 Å². The Kier molecular flexibility index (Phi) is 4.93. The average molecular weight is 353 g/mol. The van der Waals surface area contributed by atoms with Crippen LogP contribution < -0.4 is 15.0 Å². The standard InChI is InChI=1S/C20H23N3O3/c1-12-9-13(2)21-14(3)19(12)22-20(25)15-10-18(24)23(11-15)16-5-7-17(26-4)8-6-16/h5-9,15H,10-11H2,1-4H3,(H,22,25). The summed E-state index contributed by atoms with van der Waals surface area (Å²) in [5, 5.41) is 2.96. The molecule has 0 saturated carbocycles. The number of nitrogens with one attached hydrogen (secondary N) is 1. The molecule has 1 saturated heterocycles. The number of carbonyl (C=O) groups is 2. The van der Waals surface area contributed by atoms with Gasteiger partial charge in [0, 0.05) is 24.3 Å². The van der Waals surface area contributed by atoms with E-state index in [1.165, 1.54) is 0 Å². The first-order valence-electron chi connectivity index (χ1n) is 8.59. The van der Waals surface area contributed by atoms with Crippen molar-refractivity contribution in [3.63, 3.8) is 0 Å². The molecule has 0 spiro atoms. The van der Waals surface area contributed by atoms with Crippen LogP contribution >= 0.6 is 0 Å². The second kappa shape index (κ2) is 7.15. The van der Waals surface area contributed by atoms with Crippen molar-refractivity contribution in [1.82, 2.24) is 4.98 Å². The van der Waals surface area contributed by atoms with Gasteiger partial charge in [0.1, 0.15) is 5.75 Å². The van der Waals surface area contributed by atoms with Crippen LogP contribution in [0.2, 0.25) is 0 Å². The molecule has 0 bridgehead atoms. The van der Waals surface area contributed by atoms with E-state index in [0.29, 0.717) is 6.54 Å². The molecule has 6 heteroatoms. The van der Waals surface area contributed by atoms with Gasteiger partial charge in [-0.1, -0.05) is 0 Å². The van der Waals surface area contributed by atoms with Gasteiger partial charge in [0.25, 0.3) is 0 Å². The molecular weight excluding hydrogens is 330 g/mol. The molecule has 1 aliphatic heterocycles. The summed E-state index contributed by atoms with van der Waals surface area (Å²) in [6.45, 7) is 6.11. The quantitative estimate of drug-likeness (QED) is 0.917. The Morgan fingerprint density at radius 3 is 2.54 bits per heavy atom. The van der Waals surface area contributed by atoms with Crippen molar-refractivity contribution in [3.8, 4) is 5.75 Å². The number of methoxy groups -OCH3 is 1. The lowest BCUT2D eigenvalue weighted by Crippen LogP contribution is -2.28. The first-order chi connectivity index (χ1) is 12.4. The highest BCUT2D eigenvalue weighted by Crippen LogP contribution is 2.28. The number of hydrogen-bond acceptors (Lipinski definition) is 4. The highest BCUT2D eigenvalue weighted by molar-refractivity contribution is 6.03. The number of benzene rings is 1. The van der Waals surface area contributed by atoms with E-state index in [2.05, 4.69) is 10.3 Å². The van der Waals surface area contributed by atoms with Crippen molar-refractivity contribution < 1.29 is 14.3 Å². The van der Waals surface area contributed by atoms with E-state index in [9.17, 15) is 9.59 Å². The van der Waals surface area contributed by atoms with Gasteiger partial charge in [-0.05, 0) is 56.7 Å². The number of amides is 2. The molecule has 0 radical (unpaired) electrons. The topological polar surface area (TPSA) is 71.5 Å². The number of ether oxygens (including phenoxy) is 1. The molecule has 1 aliphatic rings. The fraction of sp³-hybridized carbons (Fsp3) is 0.350. The van der Waals surface area contributed by atoms with Gasteiger partial charge in [0.15, 0.2) is 0 Å². The maximum Gasteiger partial charge on any atom is 0.229 e. The lowest BCUT2D eigenvalue weighted by molar-refractivity contribution is -0.122. The number of carbonyl (C=O) groups excluding carboxylic acids is 2. The summed E-state index contributed by atoms with van der Waals surface area (Å²) in [6.07, 6.45) is 0.204. The molecule has 1 aromatic heterocycles. The highest BCUT2D eigenvalue weighted by Gasteiger charge is 2.35. The number of hydrogen-bond donors (Lipinski definition) is 1. The van der Waals surface area contributed by atoms with E-state index in [-0.39, 0.29) is 24.2 Å². The highest BCUT2D eigenvalue weighted by atomic mass is 16.5. The second-order valence-electron chi connectivity index (χ2n) is 6.63. The maximum atomic E-state index is 12.7. The molecule has 1 aromatic carbocycles. The van der Waals surface area contributed by atoms with E-state index < -0.39 is 0 Å². The van der Waals surface area contributed by atoms with Crippen LogP contribution in [-0.2, 0) is 9.59 Å². The molecule has 136 valence electrons. The van der Waals surface area contributed by atoms with Gasteiger partial charge in [-0.25, -0.2) is 0 Å². The first kappa shape index (κ1) is 17.9. The second-order valence-corrected chi connectivity index (χ2v) is 6.63. The molecule has 0 aliphatic carbocycles. The third-order valence-electron chi connectivity index (χ3n) is 4.65. The summed E-state index contributed by atoms with van der Waals surface area (Å²) in [7, 11) is 1.60. The van der Waals surface area contributed by atoms with Crippen LogP contribution in [0.4, 0.5) is 11.4 Å². The van der Waals surface area contributed by atoms with E-state index in [1.807, 2.05) is 39.0 Å². The van der Waals surface area contributed by atoms with Gasteiger partial charge in [-0.3, -0.25) is 14.6 Å². The lowest BCUT2D eigenvalue weighted by Gasteiger charge is -2.18. The van der Waals surface area contributed by atoms with E-state index in [4.69, 9.17) is 4.74 Å². The summed E-state index contributed by atoms with van der Waals surface area (Å²) in [4.78, 5) is 31.1. The third kappa shape index (κ3) is 3.54. The summed E-state index contributed by atoms with van der Waals surface area (Å²) >= 11 is 0. The fourth-order valence-electron chi connectivity index (χ4n) is 3.33. The average Bonchev–Trinajstić information content (AvgIpc) is 3.00. The number of anilines is 2. The number of rotatable bonds is 4. The number of aromatic nitrogens is 1. The molecule has 26 heavy (non-hydrogen) atoms. The molecule has 1 atom stereocenters. The van der Waals surface area contributed by atoms with Crippen LogP contribution in [0.25, 0.3) is 0 Å². The number of pyridine rings is 1. The van der Waals surface area contributed by atoms with Crippen molar-refractivity contribution in [3.05, 3.63) is 47.3 Å². The predicted molar refractivity (Wildman–Crippen MR) is 101 cm³/mol. The van der Waals surface area contributed by atoms with E-state index in [0.717, 1.165) is 34.1 Å². The third-order valence-corrected chi connectivity index (χ3v) is 4.65. The van der Waals surface area contributed by atoms with Crippen LogP contribution in [0.5, 0.6) is 5.75 Å². The summed E-state index contributed by atoms with van der Waals surface area (Å²) in [5.74, 6) is 0.147. The van der Waals surface area contributed by atoms with Crippen molar-refractivity contribution in [2.24, 2.45) is 5.92 Å². The normalized spacial score (nSPS) is 16.7. The zero-order chi connectivity index (χ0) is 18.8. The van der Waals surface area contributed by atoms with Crippen LogP contribution in [0.15, 0.2) is 30.3 Å². The molecule has 2 aromatic rings. The zero-order valence-corrected chi connectivity index (χ0v) is 15.5. The summed E-state index contributed by atoms with van der Waals surface area (Å²) < 4.78 is 5.14. The largest absolute Gasteiger partial charge is 0.497 e. The Morgan fingerprint density at radius 1 is 1.23 bits per heavy atom. The van der Waals surface area contributed by atoms with Gasteiger partial charge in [-0.2, -0.15) is 0 Å². The zero-order valence-electron chi connectivity index (χ0n) is 15.5. The molecular formula is C20H23N3O3.